The molecule has 1 atom stereocenters. The van der Waals surface area contributed by atoms with Gasteiger partial charge in [0.05, 0.1) is 0 Å². The van der Waals surface area contributed by atoms with Crippen LogP contribution in [0.15, 0.2) is 22.7 Å². The molecule has 0 saturated carbocycles. The summed E-state index contributed by atoms with van der Waals surface area (Å²) in [4.78, 5) is 2.14. The molecule has 0 radical (unpaired) electrons. The second-order valence-corrected chi connectivity index (χ2v) is 4.91. The molecule has 0 bridgehead atoms. The van der Waals surface area contributed by atoms with Crippen LogP contribution >= 0.6 is 15.9 Å². The van der Waals surface area contributed by atoms with Crippen molar-refractivity contribution in [1.29, 1.82) is 0 Å². The van der Waals surface area contributed by atoms with Gasteiger partial charge in [-0.1, -0.05) is 22.0 Å². The fraction of sp³-hybridized carbons (Fsp3) is 0.500. The zero-order valence-corrected chi connectivity index (χ0v) is 11.1. The fourth-order valence-corrected chi connectivity index (χ4v) is 2.16. The SMILES string of the molecule is Cc1ccc(Br)cc1C(CCO)N(C)C. The second-order valence-electron chi connectivity index (χ2n) is 3.99. The minimum absolute atomic E-state index is 0.217. The van der Waals surface area contributed by atoms with Crippen molar-refractivity contribution in [2.24, 2.45) is 0 Å². The van der Waals surface area contributed by atoms with Gasteiger partial charge in [0, 0.05) is 17.1 Å². The van der Waals surface area contributed by atoms with Crippen LogP contribution in [0.2, 0.25) is 0 Å². The molecule has 0 amide bonds. The van der Waals surface area contributed by atoms with Crippen molar-refractivity contribution in [2.75, 3.05) is 20.7 Å². The average molecular weight is 272 g/mol. The second kappa shape index (κ2) is 5.64. The predicted molar refractivity (Wildman–Crippen MR) is 67.0 cm³/mol. The third-order valence-corrected chi connectivity index (χ3v) is 3.12. The summed E-state index contributed by atoms with van der Waals surface area (Å²) in [5, 5.41) is 9.07. The van der Waals surface area contributed by atoms with E-state index in [1.165, 1.54) is 11.1 Å². The highest BCUT2D eigenvalue weighted by molar-refractivity contribution is 9.10. The van der Waals surface area contributed by atoms with Crippen LogP contribution < -0.4 is 0 Å². The Hall–Kier alpha value is -0.380. The summed E-state index contributed by atoms with van der Waals surface area (Å²) >= 11 is 3.48. The normalized spacial score (nSPS) is 13.2. The highest BCUT2D eigenvalue weighted by atomic mass is 79.9. The minimum Gasteiger partial charge on any atom is -0.396 e. The molecule has 1 N–H and O–H groups in total. The van der Waals surface area contributed by atoms with Crippen molar-refractivity contribution < 1.29 is 5.11 Å². The molecule has 0 aromatic heterocycles. The molecule has 0 spiro atoms. The minimum atomic E-state index is 0.217. The summed E-state index contributed by atoms with van der Waals surface area (Å²) in [7, 11) is 4.08. The summed E-state index contributed by atoms with van der Waals surface area (Å²) in [5.74, 6) is 0. The van der Waals surface area contributed by atoms with Crippen molar-refractivity contribution in [3.8, 4) is 0 Å². The van der Waals surface area contributed by atoms with E-state index in [2.05, 4.69) is 39.9 Å². The van der Waals surface area contributed by atoms with E-state index in [1.807, 2.05) is 20.2 Å². The number of hydrogen-bond acceptors (Lipinski definition) is 2. The van der Waals surface area contributed by atoms with Crippen molar-refractivity contribution in [3.63, 3.8) is 0 Å². The van der Waals surface area contributed by atoms with Gasteiger partial charge in [0.2, 0.25) is 0 Å². The number of benzene rings is 1. The summed E-state index contributed by atoms with van der Waals surface area (Å²) in [6, 6.07) is 6.57. The molecule has 0 aliphatic rings. The van der Waals surface area contributed by atoms with Gasteiger partial charge >= 0.3 is 0 Å². The number of halogens is 1. The highest BCUT2D eigenvalue weighted by Crippen LogP contribution is 2.27. The Bertz CT molecular complexity index is 325. The van der Waals surface area contributed by atoms with Gasteiger partial charge in [0.25, 0.3) is 0 Å². The van der Waals surface area contributed by atoms with Gasteiger partial charge in [-0.2, -0.15) is 0 Å². The van der Waals surface area contributed by atoms with Crippen LogP contribution in [0.25, 0.3) is 0 Å². The Balaban J connectivity index is 3.04. The van der Waals surface area contributed by atoms with Crippen molar-refractivity contribution in [1.82, 2.24) is 4.90 Å². The molecule has 1 aromatic carbocycles. The zero-order valence-electron chi connectivity index (χ0n) is 9.50. The van der Waals surface area contributed by atoms with E-state index in [4.69, 9.17) is 5.11 Å². The van der Waals surface area contributed by atoms with E-state index in [-0.39, 0.29) is 12.6 Å². The monoisotopic (exact) mass is 271 g/mol. The summed E-state index contributed by atoms with van der Waals surface area (Å²) in [6.45, 7) is 2.32. The van der Waals surface area contributed by atoms with Crippen molar-refractivity contribution in [3.05, 3.63) is 33.8 Å². The van der Waals surface area contributed by atoms with E-state index in [0.717, 1.165) is 10.9 Å². The Morgan fingerprint density at radius 2 is 2.07 bits per heavy atom. The molecule has 1 aromatic rings. The number of aliphatic hydroxyl groups excluding tert-OH is 1. The lowest BCUT2D eigenvalue weighted by Crippen LogP contribution is -2.21. The van der Waals surface area contributed by atoms with Crippen LogP contribution in [0, 0.1) is 6.92 Å². The Morgan fingerprint density at radius 3 is 2.60 bits per heavy atom. The predicted octanol–water partition coefficient (Wildman–Crippen LogP) is 2.74. The van der Waals surface area contributed by atoms with Crippen LogP contribution in [-0.2, 0) is 0 Å². The highest BCUT2D eigenvalue weighted by Gasteiger charge is 2.15. The first kappa shape index (κ1) is 12.7. The zero-order chi connectivity index (χ0) is 11.4. The van der Waals surface area contributed by atoms with Gasteiger partial charge in [-0.05, 0) is 50.7 Å². The maximum absolute atomic E-state index is 9.07. The van der Waals surface area contributed by atoms with E-state index in [9.17, 15) is 0 Å². The molecule has 1 unspecified atom stereocenters. The third-order valence-electron chi connectivity index (χ3n) is 2.63. The number of nitrogens with zero attached hydrogens (tertiary/aromatic N) is 1. The molecular formula is C12H18BrNO. The van der Waals surface area contributed by atoms with Crippen molar-refractivity contribution >= 4 is 15.9 Å². The smallest absolute Gasteiger partial charge is 0.0449 e. The molecule has 0 heterocycles. The van der Waals surface area contributed by atoms with Crippen LogP contribution in [0.4, 0.5) is 0 Å². The van der Waals surface area contributed by atoms with E-state index in [0.29, 0.717) is 0 Å². The standard InChI is InChI=1S/C12H18BrNO/c1-9-4-5-10(13)8-11(9)12(6-7-15)14(2)3/h4-5,8,12,15H,6-7H2,1-3H3. The number of hydrogen-bond donors (Lipinski definition) is 1. The molecule has 15 heavy (non-hydrogen) atoms. The summed E-state index contributed by atoms with van der Waals surface area (Å²) in [5.41, 5.74) is 2.55. The van der Waals surface area contributed by atoms with Gasteiger partial charge in [0.15, 0.2) is 0 Å². The molecule has 0 saturated heterocycles. The Labute approximate surface area is 100 Å². The van der Waals surface area contributed by atoms with E-state index in [1.54, 1.807) is 0 Å². The first-order valence-electron chi connectivity index (χ1n) is 5.09. The number of aliphatic hydroxyl groups is 1. The molecule has 84 valence electrons. The van der Waals surface area contributed by atoms with Crippen LogP contribution in [0.1, 0.15) is 23.6 Å². The lowest BCUT2D eigenvalue weighted by atomic mass is 9.98. The van der Waals surface area contributed by atoms with E-state index >= 15 is 0 Å². The first-order valence-corrected chi connectivity index (χ1v) is 5.89. The number of aryl methyl sites for hydroxylation is 1. The maximum atomic E-state index is 9.07. The Kier molecular flexibility index (Phi) is 4.77. The Morgan fingerprint density at radius 1 is 1.40 bits per heavy atom. The molecule has 0 fully saturated rings. The molecule has 0 aliphatic carbocycles. The quantitative estimate of drug-likeness (QED) is 0.911. The van der Waals surface area contributed by atoms with E-state index < -0.39 is 0 Å². The topological polar surface area (TPSA) is 23.5 Å². The lowest BCUT2D eigenvalue weighted by molar-refractivity contribution is 0.210. The molecule has 2 nitrogen and oxygen atoms in total. The van der Waals surface area contributed by atoms with Crippen LogP contribution in [0.5, 0.6) is 0 Å². The van der Waals surface area contributed by atoms with Crippen molar-refractivity contribution in [2.45, 2.75) is 19.4 Å². The van der Waals surface area contributed by atoms with Crippen LogP contribution in [0.3, 0.4) is 0 Å². The third kappa shape index (κ3) is 3.30. The first-order chi connectivity index (χ1) is 7.06. The summed E-state index contributed by atoms with van der Waals surface area (Å²) < 4.78 is 1.09. The fourth-order valence-electron chi connectivity index (χ4n) is 1.78. The lowest BCUT2D eigenvalue weighted by Gasteiger charge is -2.25. The van der Waals surface area contributed by atoms with Crippen LogP contribution in [-0.4, -0.2) is 30.7 Å². The molecular weight excluding hydrogens is 254 g/mol. The van der Waals surface area contributed by atoms with Gasteiger partial charge in [-0.15, -0.1) is 0 Å². The summed E-state index contributed by atoms with van der Waals surface area (Å²) in [6.07, 6.45) is 0.768. The van der Waals surface area contributed by atoms with Gasteiger partial charge in [-0.3, -0.25) is 0 Å². The van der Waals surface area contributed by atoms with Gasteiger partial charge in [-0.25, -0.2) is 0 Å². The molecule has 0 aliphatic heterocycles. The maximum Gasteiger partial charge on any atom is 0.0449 e. The number of rotatable bonds is 4. The average Bonchev–Trinajstić information content (AvgIpc) is 2.18. The largest absolute Gasteiger partial charge is 0.396 e. The molecule has 1 rings (SSSR count). The van der Waals surface area contributed by atoms with Gasteiger partial charge in [0.1, 0.15) is 0 Å². The van der Waals surface area contributed by atoms with Gasteiger partial charge < -0.3 is 10.0 Å². The molecule has 3 heteroatoms.